The van der Waals surface area contributed by atoms with E-state index in [1.807, 2.05) is 13.0 Å². The zero-order chi connectivity index (χ0) is 23.5. The molecule has 0 amide bonds. The molecule has 2 aromatic carbocycles. The fourth-order valence-corrected chi connectivity index (χ4v) is 5.56. The summed E-state index contributed by atoms with van der Waals surface area (Å²) in [6.07, 6.45) is 4.01. The maximum absolute atomic E-state index is 12.9. The van der Waals surface area contributed by atoms with E-state index in [4.69, 9.17) is 4.98 Å². The van der Waals surface area contributed by atoms with Gasteiger partial charge in [0.1, 0.15) is 0 Å². The Balaban J connectivity index is 1.30. The Labute approximate surface area is 201 Å². The zero-order valence-electron chi connectivity index (χ0n) is 19.4. The van der Waals surface area contributed by atoms with Gasteiger partial charge in [0.25, 0.3) is 10.0 Å². The van der Waals surface area contributed by atoms with Crippen LogP contribution >= 0.6 is 0 Å². The molecule has 0 saturated carbocycles. The van der Waals surface area contributed by atoms with E-state index in [2.05, 4.69) is 43.4 Å². The van der Waals surface area contributed by atoms with Crippen LogP contribution in [-0.4, -0.2) is 55.2 Å². The van der Waals surface area contributed by atoms with Crippen molar-refractivity contribution in [2.45, 2.75) is 37.6 Å². The van der Waals surface area contributed by atoms with Gasteiger partial charge in [0.15, 0.2) is 0 Å². The molecule has 0 atom stereocenters. The number of hydrogen-bond acceptors (Lipinski definition) is 6. The summed E-state index contributed by atoms with van der Waals surface area (Å²) >= 11 is 0. The van der Waals surface area contributed by atoms with Crippen molar-refractivity contribution in [3.63, 3.8) is 0 Å². The maximum atomic E-state index is 12.9. The lowest BCUT2D eigenvalue weighted by Gasteiger charge is -2.35. The average Bonchev–Trinajstić information content (AvgIpc) is 2.85. The second-order valence-electron chi connectivity index (χ2n) is 8.96. The van der Waals surface area contributed by atoms with Gasteiger partial charge in [0.05, 0.1) is 16.3 Å². The number of hydrogen-bond donors (Lipinski definition) is 0. The van der Waals surface area contributed by atoms with Crippen LogP contribution in [0.5, 0.6) is 0 Å². The van der Waals surface area contributed by atoms with Crippen LogP contribution in [-0.2, 0) is 23.0 Å². The Hall–Kier alpha value is -3.10. The largest absolute Gasteiger partial charge is 0.338 e. The molecule has 2 aliphatic rings. The number of rotatable bonds is 5. The lowest BCUT2D eigenvalue weighted by molar-refractivity contribution is 0.248. The van der Waals surface area contributed by atoms with Crippen LogP contribution in [0.1, 0.15) is 35.2 Å². The Morgan fingerprint density at radius 3 is 2.41 bits per heavy atom. The normalized spacial score (nSPS) is 18.1. The maximum Gasteiger partial charge on any atom is 0.282 e. The Kier molecular flexibility index (Phi) is 6.43. The molecule has 176 valence electrons. The number of anilines is 1. The SMILES string of the molecule is Cc1ccc(S(=O)(=O)N=C2CCCc3nc(N4CCN(Cc5ccccc5)CC4)ncc32)cc1. The van der Waals surface area contributed by atoms with Gasteiger partial charge in [-0.1, -0.05) is 48.0 Å². The first-order valence-corrected chi connectivity index (χ1v) is 13.2. The summed E-state index contributed by atoms with van der Waals surface area (Å²) in [6, 6.07) is 17.3. The Morgan fingerprint density at radius 1 is 0.941 bits per heavy atom. The molecule has 5 rings (SSSR count). The topological polar surface area (TPSA) is 78.8 Å². The predicted molar refractivity (Wildman–Crippen MR) is 134 cm³/mol. The van der Waals surface area contributed by atoms with Crippen molar-refractivity contribution in [2.24, 2.45) is 4.40 Å². The van der Waals surface area contributed by atoms with E-state index < -0.39 is 10.0 Å². The van der Waals surface area contributed by atoms with E-state index in [1.165, 1.54) is 5.56 Å². The summed E-state index contributed by atoms with van der Waals surface area (Å²) in [6.45, 7) is 6.53. The fraction of sp³-hybridized carbons (Fsp3) is 0.346. The number of piperazine rings is 1. The summed E-state index contributed by atoms with van der Waals surface area (Å²) < 4.78 is 29.9. The van der Waals surface area contributed by atoms with Crippen molar-refractivity contribution in [2.75, 3.05) is 31.1 Å². The first kappa shape index (κ1) is 22.7. The number of fused-ring (bicyclic) bond motifs is 1. The van der Waals surface area contributed by atoms with Gasteiger partial charge in [0, 0.05) is 44.5 Å². The minimum absolute atomic E-state index is 0.212. The number of sulfonamides is 1. The van der Waals surface area contributed by atoms with Gasteiger partial charge >= 0.3 is 0 Å². The monoisotopic (exact) mass is 475 g/mol. The van der Waals surface area contributed by atoms with E-state index in [1.54, 1.807) is 30.5 Å². The molecule has 7 nitrogen and oxygen atoms in total. The third-order valence-electron chi connectivity index (χ3n) is 6.45. The van der Waals surface area contributed by atoms with E-state index in [-0.39, 0.29) is 4.90 Å². The summed E-state index contributed by atoms with van der Waals surface area (Å²) in [7, 11) is -3.77. The number of aryl methyl sites for hydroxylation is 2. The second kappa shape index (κ2) is 9.64. The third kappa shape index (κ3) is 5.03. The molecule has 0 N–H and O–H groups in total. The summed E-state index contributed by atoms with van der Waals surface area (Å²) in [5.74, 6) is 0.723. The highest BCUT2D eigenvalue weighted by Crippen LogP contribution is 2.25. The van der Waals surface area contributed by atoms with Crippen LogP contribution in [0.3, 0.4) is 0 Å². The molecule has 2 heterocycles. The van der Waals surface area contributed by atoms with Crippen LogP contribution in [0.4, 0.5) is 5.95 Å². The standard InChI is InChI=1S/C26H29N5O2S/c1-20-10-12-22(13-11-20)34(32,33)29-25-9-5-8-24-23(25)18-27-26(28-24)31-16-14-30(15-17-31)19-21-6-3-2-4-7-21/h2-4,6-7,10-13,18H,5,8-9,14-17,19H2,1H3. The molecule has 34 heavy (non-hydrogen) atoms. The van der Waals surface area contributed by atoms with Gasteiger partial charge in [-0.25, -0.2) is 9.97 Å². The molecule has 1 saturated heterocycles. The Morgan fingerprint density at radius 2 is 1.68 bits per heavy atom. The number of nitrogens with zero attached hydrogens (tertiary/aromatic N) is 5. The highest BCUT2D eigenvalue weighted by atomic mass is 32.2. The van der Waals surface area contributed by atoms with E-state index in [0.717, 1.165) is 68.3 Å². The molecular weight excluding hydrogens is 446 g/mol. The molecule has 0 spiro atoms. The van der Waals surface area contributed by atoms with Gasteiger partial charge in [-0.2, -0.15) is 12.8 Å². The van der Waals surface area contributed by atoms with Crippen molar-refractivity contribution < 1.29 is 8.42 Å². The van der Waals surface area contributed by atoms with Crippen molar-refractivity contribution in [3.05, 3.63) is 83.2 Å². The van der Waals surface area contributed by atoms with Crippen molar-refractivity contribution in [1.82, 2.24) is 14.9 Å². The van der Waals surface area contributed by atoms with Gasteiger partial charge < -0.3 is 4.90 Å². The molecule has 3 aromatic rings. The van der Waals surface area contributed by atoms with Crippen LogP contribution in [0.2, 0.25) is 0 Å². The third-order valence-corrected chi connectivity index (χ3v) is 7.78. The van der Waals surface area contributed by atoms with Gasteiger partial charge in [-0.05, 0) is 43.9 Å². The lowest BCUT2D eigenvalue weighted by atomic mass is 9.95. The minimum atomic E-state index is -3.77. The fourth-order valence-electron chi connectivity index (χ4n) is 4.50. The molecule has 8 heteroatoms. The summed E-state index contributed by atoms with van der Waals surface area (Å²) in [5, 5.41) is 0. The zero-order valence-corrected chi connectivity index (χ0v) is 20.2. The van der Waals surface area contributed by atoms with Crippen LogP contribution in [0.25, 0.3) is 0 Å². The van der Waals surface area contributed by atoms with Gasteiger partial charge in [0.2, 0.25) is 5.95 Å². The van der Waals surface area contributed by atoms with Crippen molar-refractivity contribution in [3.8, 4) is 0 Å². The molecule has 0 bridgehead atoms. The van der Waals surface area contributed by atoms with E-state index >= 15 is 0 Å². The molecule has 1 aliphatic carbocycles. The average molecular weight is 476 g/mol. The lowest BCUT2D eigenvalue weighted by Crippen LogP contribution is -2.46. The number of benzene rings is 2. The highest BCUT2D eigenvalue weighted by Gasteiger charge is 2.24. The van der Waals surface area contributed by atoms with Gasteiger partial charge in [-0.3, -0.25) is 4.90 Å². The summed E-state index contributed by atoms with van der Waals surface area (Å²) in [5.41, 5.74) is 4.54. The van der Waals surface area contributed by atoms with Crippen LogP contribution in [0.15, 0.2) is 70.1 Å². The second-order valence-corrected chi connectivity index (χ2v) is 10.6. The van der Waals surface area contributed by atoms with Crippen LogP contribution < -0.4 is 4.90 Å². The molecule has 1 aromatic heterocycles. The highest BCUT2D eigenvalue weighted by molar-refractivity contribution is 7.90. The van der Waals surface area contributed by atoms with E-state index in [0.29, 0.717) is 12.1 Å². The van der Waals surface area contributed by atoms with E-state index in [9.17, 15) is 8.42 Å². The van der Waals surface area contributed by atoms with Gasteiger partial charge in [-0.15, -0.1) is 0 Å². The summed E-state index contributed by atoms with van der Waals surface area (Å²) in [4.78, 5) is 14.3. The molecule has 1 aliphatic heterocycles. The molecule has 0 unspecified atom stereocenters. The Bertz CT molecular complexity index is 1280. The molecule has 0 radical (unpaired) electrons. The molecular formula is C26H29N5O2S. The molecule has 1 fully saturated rings. The first-order valence-electron chi connectivity index (χ1n) is 11.8. The van der Waals surface area contributed by atoms with Crippen molar-refractivity contribution >= 4 is 21.7 Å². The smallest absolute Gasteiger partial charge is 0.282 e. The van der Waals surface area contributed by atoms with Crippen LogP contribution in [0, 0.1) is 6.92 Å². The predicted octanol–water partition coefficient (Wildman–Crippen LogP) is 3.62. The first-order chi connectivity index (χ1) is 16.5. The van der Waals surface area contributed by atoms with Crippen molar-refractivity contribution in [1.29, 1.82) is 0 Å². The number of aromatic nitrogens is 2. The quantitative estimate of drug-likeness (QED) is 0.561. The minimum Gasteiger partial charge on any atom is -0.338 e.